The Morgan fingerprint density at radius 1 is 0.857 bits per heavy atom. The number of benzene rings is 3. The van der Waals surface area contributed by atoms with Gasteiger partial charge in [-0.2, -0.15) is 0 Å². The van der Waals surface area contributed by atoms with Crippen molar-refractivity contribution in [2.75, 3.05) is 5.32 Å². The summed E-state index contributed by atoms with van der Waals surface area (Å²) in [6, 6.07) is 20.7. The summed E-state index contributed by atoms with van der Waals surface area (Å²) in [5.74, 6) is -0.296. The molecule has 0 saturated carbocycles. The standard InChI is InChI=1S/C22H13Cl2NO3/c23-18-10-9-16(12-19(18)24)25-21(26)14-7-5-13(6-8-14)17-11-15-3-1-2-4-20(15)28-22(17)27/h1-12H,(H,25,26). The molecule has 0 atom stereocenters. The predicted molar refractivity (Wildman–Crippen MR) is 112 cm³/mol. The molecule has 4 aromatic rings. The van der Waals surface area contributed by atoms with Crippen LogP contribution >= 0.6 is 23.2 Å². The molecule has 0 aliphatic rings. The van der Waals surface area contributed by atoms with E-state index in [0.717, 1.165) is 5.39 Å². The highest BCUT2D eigenvalue weighted by Gasteiger charge is 2.11. The van der Waals surface area contributed by atoms with Crippen LogP contribution in [0.2, 0.25) is 10.0 Å². The molecule has 0 saturated heterocycles. The molecule has 6 heteroatoms. The largest absolute Gasteiger partial charge is 0.422 e. The Kier molecular flexibility index (Phi) is 4.90. The van der Waals surface area contributed by atoms with Crippen LogP contribution in [0.25, 0.3) is 22.1 Å². The molecule has 0 aliphatic heterocycles. The molecule has 0 bridgehead atoms. The number of carbonyl (C=O) groups excluding carboxylic acids is 1. The number of para-hydroxylation sites is 1. The molecule has 138 valence electrons. The van der Waals surface area contributed by atoms with Crippen molar-refractivity contribution >= 4 is 45.8 Å². The van der Waals surface area contributed by atoms with Gasteiger partial charge in [-0.15, -0.1) is 0 Å². The third-order valence-electron chi connectivity index (χ3n) is 4.28. The third kappa shape index (κ3) is 3.65. The van der Waals surface area contributed by atoms with Crippen LogP contribution in [-0.4, -0.2) is 5.91 Å². The van der Waals surface area contributed by atoms with Gasteiger partial charge in [0.15, 0.2) is 0 Å². The summed E-state index contributed by atoms with van der Waals surface area (Å²) >= 11 is 11.8. The summed E-state index contributed by atoms with van der Waals surface area (Å²) in [5.41, 5.74) is 2.21. The fraction of sp³-hybridized carbons (Fsp3) is 0. The first-order chi connectivity index (χ1) is 13.5. The quantitative estimate of drug-likeness (QED) is 0.420. The van der Waals surface area contributed by atoms with Gasteiger partial charge < -0.3 is 9.73 Å². The molecule has 0 radical (unpaired) electrons. The van der Waals surface area contributed by atoms with Crippen molar-refractivity contribution in [2.45, 2.75) is 0 Å². The smallest absolute Gasteiger partial charge is 0.344 e. The zero-order chi connectivity index (χ0) is 19.7. The second kappa shape index (κ2) is 7.50. The maximum Gasteiger partial charge on any atom is 0.344 e. The predicted octanol–water partition coefficient (Wildman–Crippen LogP) is 6.02. The molecule has 0 aliphatic carbocycles. The molecule has 4 nitrogen and oxygen atoms in total. The Balaban J connectivity index is 1.60. The van der Waals surface area contributed by atoms with Crippen LogP contribution in [0.4, 0.5) is 5.69 Å². The van der Waals surface area contributed by atoms with Crippen molar-refractivity contribution in [2.24, 2.45) is 0 Å². The van der Waals surface area contributed by atoms with Gasteiger partial charge >= 0.3 is 5.63 Å². The van der Waals surface area contributed by atoms with Gasteiger partial charge in [0.2, 0.25) is 0 Å². The van der Waals surface area contributed by atoms with Crippen LogP contribution in [0.1, 0.15) is 10.4 Å². The van der Waals surface area contributed by atoms with E-state index in [2.05, 4.69) is 5.32 Å². The van der Waals surface area contributed by atoms with Crippen molar-refractivity contribution in [3.8, 4) is 11.1 Å². The lowest BCUT2D eigenvalue weighted by Gasteiger charge is -2.07. The number of anilines is 1. The Labute approximate surface area is 170 Å². The van der Waals surface area contributed by atoms with Gasteiger partial charge in [-0.3, -0.25) is 4.79 Å². The highest BCUT2D eigenvalue weighted by atomic mass is 35.5. The fourth-order valence-electron chi connectivity index (χ4n) is 2.84. The van der Waals surface area contributed by atoms with Gasteiger partial charge in [0, 0.05) is 16.6 Å². The van der Waals surface area contributed by atoms with Crippen molar-refractivity contribution < 1.29 is 9.21 Å². The number of amides is 1. The Bertz CT molecular complexity index is 1250. The molecule has 0 spiro atoms. The van der Waals surface area contributed by atoms with Crippen molar-refractivity contribution in [3.05, 3.63) is 98.8 Å². The lowest BCUT2D eigenvalue weighted by molar-refractivity contribution is 0.102. The van der Waals surface area contributed by atoms with E-state index in [1.54, 1.807) is 54.6 Å². The minimum absolute atomic E-state index is 0.296. The van der Waals surface area contributed by atoms with E-state index in [4.69, 9.17) is 27.6 Å². The lowest BCUT2D eigenvalue weighted by Crippen LogP contribution is -2.11. The van der Waals surface area contributed by atoms with Crippen molar-refractivity contribution in [1.29, 1.82) is 0 Å². The molecular formula is C22H13Cl2NO3. The van der Waals surface area contributed by atoms with Crippen LogP contribution in [0.5, 0.6) is 0 Å². The van der Waals surface area contributed by atoms with Gasteiger partial charge in [-0.1, -0.05) is 53.5 Å². The summed E-state index contributed by atoms with van der Waals surface area (Å²) < 4.78 is 5.37. The number of fused-ring (bicyclic) bond motifs is 1. The average Bonchev–Trinajstić information content (AvgIpc) is 2.70. The van der Waals surface area contributed by atoms with Crippen molar-refractivity contribution in [1.82, 2.24) is 0 Å². The number of hydrogen-bond donors (Lipinski definition) is 1. The minimum atomic E-state index is -0.424. The molecule has 0 unspecified atom stereocenters. The van der Waals surface area contributed by atoms with Gasteiger partial charge in [-0.05, 0) is 48.0 Å². The number of rotatable bonds is 3. The summed E-state index contributed by atoms with van der Waals surface area (Å²) in [6.07, 6.45) is 0. The number of carbonyl (C=O) groups is 1. The van der Waals surface area contributed by atoms with Crippen LogP contribution in [0.15, 0.2) is 82.0 Å². The highest BCUT2D eigenvalue weighted by molar-refractivity contribution is 6.42. The fourth-order valence-corrected chi connectivity index (χ4v) is 3.14. The summed E-state index contributed by atoms with van der Waals surface area (Å²) in [5, 5.41) is 4.36. The summed E-state index contributed by atoms with van der Waals surface area (Å²) in [6.45, 7) is 0. The Morgan fingerprint density at radius 3 is 2.36 bits per heavy atom. The van der Waals surface area contributed by atoms with Gasteiger partial charge in [0.25, 0.3) is 5.91 Å². The minimum Gasteiger partial charge on any atom is -0.422 e. The molecule has 4 rings (SSSR count). The van der Waals surface area contributed by atoms with E-state index in [1.807, 2.05) is 18.2 Å². The maximum absolute atomic E-state index is 12.4. The average molecular weight is 410 g/mol. The molecule has 3 aromatic carbocycles. The summed E-state index contributed by atoms with van der Waals surface area (Å²) in [7, 11) is 0. The first-order valence-corrected chi connectivity index (χ1v) is 9.16. The zero-order valence-electron chi connectivity index (χ0n) is 14.4. The SMILES string of the molecule is O=C(Nc1ccc(Cl)c(Cl)c1)c1ccc(-c2cc3ccccc3oc2=O)cc1. The number of halogens is 2. The number of nitrogens with one attached hydrogen (secondary N) is 1. The topological polar surface area (TPSA) is 59.3 Å². The molecule has 1 heterocycles. The van der Waals surface area contributed by atoms with E-state index in [0.29, 0.717) is 38.0 Å². The van der Waals surface area contributed by atoms with E-state index >= 15 is 0 Å². The highest BCUT2D eigenvalue weighted by Crippen LogP contribution is 2.26. The van der Waals surface area contributed by atoms with E-state index in [9.17, 15) is 9.59 Å². The molecule has 0 fully saturated rings. The lowest BCUT2D eigenvalue weighted by atomic mass is 10.0. The first-order valence-electron chi connectivity index (χ1n) is 8.41. The van der Waals surface area contributed by atoms with E-state index < -0.39 is 5.63 Å². The third-order valence-corrected chi connectivity index (χ3v) is 5.02. The first kappa shape index (κ1) is 18.3. The molecule has 1 N–H and O–H groups in total. The van der Waals surface area contributed by atoms with Crippen LogP contribution in [-0.2, 0) is 0 Å². The second-order valence-corrected chi connectivity index (χ2v) is 6.96. The molecule has 28 heavy (non-hydrogen) atoms. The van der Waals surface area contributed by atoms with Gasteiger partial charge in [-0.25, -0.2) is 4.79 Å². The normalized spacial score (nSPS) is 10.8. The van der Waals surface area contributed by atoms with Crippen molar-refractivity contribution in [3.63, 3.8) is 0 Å². The van der Waals surface area contributed by atoms with Crippen LogP contribution < -0.4 is 10.9 Å². The summed E-state index contributed by atoms with van der Waals surface area (Å²) in [4.78, 5) is 24.7. The zero-order valence-corrected chi connectivity index (χ0v) is 15.9. The molecular weight excluding hydrogens is 397 g/mol. The maximum atomic E-state index is 12.4. The van der Waals surface area contributed by atoms with Gasteiger partial charge in [0.05, 0.1) is 15.6 Å². The van der Waals surface area contributed by atoms with Crippen LogP contribution in [0.3, 0.4) is 0 Å². The molecule has 1 amide bonds. The second-order valence-electron chi connectivity index (χ2n) is 6.15. The van der Waals surface area contributed by atoms with Crippen LogP contribution in [0, 0.1) is 0 Å². The molecule has 1 aromatic heterocycles. The number of hydrogen-bond acceptors (Lipinski definition) is 3. The Morgan fingerprint density at radius 2 is 1.61 bits per heavy atom. The van der Waals surface area contributed by atoms with Gasteiger partial charge in [0.1, 0.15) is 5.58 Å². The van der Waals surface area contributed by atoms with E-state index in [1.165, 1.54) is 0 Å². The van der Waals surface area contributed by atoms with E-state index in [-0.39, 0.29) is 5.91 Å². The Hall–Kier alpha value is -3.08. The monoisotopic (exact) mass is 409 g/mol.